The average Bonchev–Trinajstić information content (AvgIpc) is 2.85. The van der Waals surface area contributed by atoms with Crippen LogP contribution < -0.4 is 5.32 Å². The summed E-state index contributed by atoms with van der Waals surface area (Å²) in [6.45, 7) is 8.97. The van der Waals surface area contributed by atoms with Crippen molar-refractivity contribution in [3.8, 4) is 0 Å². The van der Waals surface area contributed by atoms with Gasteiger partial charge in [-0.3, -0.25) is 0 Å². The van der Waals surface area contributed by atoms with Gasteiger partial charge in [0.05, 0.1) is 0 Å². The minimum atomic E-state index is 0.315. The maximum absolute atomic E-state index is 6.31. The van der Waals surface area contributed by atoms with E-state index in [0.29, 0.717) is 17.3 Å². The molecule has 2 unspecified atom stereocenters. The highest BCUT2D eigenvalue weighted by Crippen LogP contribution is 2.65. The van der Waals surface area contributed by atoms with E-state index in [9.17, 15) is 0 Å². The summed E-state index contributed by atoms with van der Waals surface area (Å²) in [5, 5.41) is 5.13. The molecule has 0 spiro atoms. The van der Waals surface area contributed by atoms with Crippen LogP contribution in [-0.4, -0.2) is 13.1 Å². The molecular formula is C15H21Cl2N. The summed E-state index contributed by atoms with van der Waals surface area (Å²) in [7, 11) is 0. The van der Waals surface area contributed by atoms with E-state index in [1.165, 1.54) is 12.0 Å². The van der Waals surface area contributed by atoms with Gasteiger partial charge in [-0.05, 0) is 60.5 Å². The van der Waals surface area contributed by atoms with Gasteiger partial charge in [-0.1, -0.05) is 44.0 Å². The number of benzene rings is 1. The summed E-state index contributed by atoms with van der Waals surface area (Å²) in [6, 6.07) is 5.79. The van der Waals surface area contributed by atoms with E-state index < -0.39 is 0 Å². The van der Waals surface area contributed by atoms with Crippen LogP contribution in [0.2, 0.25) is 10.0 Å². The highest BCUT2D eigenvalue weighted by molar-refractivity contribution is 6.33. The highest BCUT2D eigenvalue weighted by atomic mass is 35.5. The fraction of sp³-hybridized carbons (Fsp3) is 0.600. The van der Waals surface area contributed by atoms with Gasteiger partial charge < -0.3 is 5.32 Å². The molecule has 2 rings (SSSR count). The zero-order chi connectivity index (χ0) is 13.3. The van der Waals surface area contributed by atoms with E-state index in [1.807, 2.05) is 18.2 Å². The summed E-state index contributed by atoms with van der Waals surface area (Å²) in [4.78, 5) is 0. The minimum absolute atomic E-state index is 0.315. The van der Waals surface area contributed by atoms with Crippen molar-refractivity contribution in [1.29, 1.82) is 0 Å². The van der Waals surface area contributed by atoms with Crippen LogP contribution in [0.4, 0.5) is 0 Å². The molecule has 0 bridgehead atoms. The van der Waals surface area contributed by atoms with E-state index in [4.69, 9.17) is 23.2 Å². The van der Waals surface area contributed by atoms with Crippen LogP contribution in [0.5, 0.6) is 0 Å². The molecule has 1 aliphatic rings. The second-order valence-electron chi connectivity index (χ2n) is 5.78. The van der Waals surface area contributed by atoms with Crippen LogP contribution in [-0.2, 0) is 0 Å². The Labute approximate surface area is 120 Å². The third-order valence-electron chi connectivity index (χ3n) is 4.13. The number of hydrogen-bond donors (Lipinski definition) is 1. The average molecular weight is 286 g/mol. The molecular weight excluding hydrogens is 265 g/mol. The molecule has 0 saturated heterocycles. The highest BCUT2D eigenvalue weighted by Gasteiger charge is 2.58. The van der Waals surface area contributed by atoms with E-state index in [-0.39, 0.29) is 0 Å². The monoisotopic (exact) mass is 285 g/mol. The maximum atomic E-state index is 6.31. The molecule has 0 aliphatic heterocycles. The molecule has 1 N–H and O–H groups in total. The third kappa shape index (κ3) is 2.68. The quantitative estimate of drug-likeness (QED) is 0.771. The molecule has 0 amide bonds. The molecule has 1 fully saturated rings. The minimum Gasteiger partial charge on any atom is -0.316 e. The molecule has 18 heavy (non-hydrogen) atoms. The second kappa shape index (κ2) is 5.40. The van der Waals surface area contributed by atoms with E-state index >= 15 is 0 Å². The Balaban J connectivity index is 2.11. The van der Waals surface area contributed by atoms with Gasteiger partial charge in [0.25, 0.3) is 0 Å². The largest absolute Gasteiger partial charge is 0.316 e. The molecule has 1 saturated carbocycles. The first-order valence-electron chi connectivity index (χ1n) is 6.64. The number of hydrogen-bond acceptors (Lipinski definition) is 1. The van der Waals surface area contributed by atoms with Crippen molar-refractivity contribution in [1.82, 2.24) is 5.32 Å². The molecule has 1 aromatic rings. The summed E-state index contributed by atoms with van der Waals surface area (Å²) in [5.41, 5.74) is 1.52. The van der Waals surface area contributed by atoms with Gasteiger partial charge in [-0.15, -0.1) is 0 Å². The molecule has 1 aliphatic carbocycles. The van der Waals surface area contributed by atoms with Crippen LogP contribution in [0.1, 0.15) is 38.7 Å². The van der Waals surface area contributed by atoms with E-state index in [0.717, 1.165) is 23.1 Å². The normalized spacial score (nSPS) is 25.2. The molecule has 0 radical (unpaired) electrons. The van der Waals surface area contributed by atoms with Crippen LogP contribution in [0.15, 0.2) is 18.2 Å². The maximum Gasteiger partial charge on any atom is 0.0442 e. The van der Waals surface area contributed by atoms with Crippen LogP contribution in [0.25, 0.3) is 0 Å². The molecule has 3 heteroatoms. The lowest BCUT2D eigenvalue weighted by molar-refractivity contribution is 0.518. The second-order valence-corrected chi connectivity index (χ2v) is 6.62. The lowest BCUT2D eigenvalue weighted by atomic mass is 10.0. The zero-order valence-corrected chi connectivity index (χ0v) is 12.8. The van der Waals surface area contributed by atoms with Crippen LogP contribution in [0.3, 0.4) is 0 Å². The summed E-state index contributed by atoms with van der Waals surface area (Å²) >= 11 is 12.4. The van der Waals surface area contributed by atoms with Crippen molar-refractivity contribution in [2.75, 3.05) is 13.1 Å². The van der Waals surface area contributed by atoms with Crippen molar-refractivity contribution in [3.63, 3.8) is 0 Å². The van der Waals surface area contributed by atoms with Crippen LogP contribution >= 0.6 is 23.2 Å². The fourth-order valence-corrected chi connectivity index (χ4v) is 3.35. The van der Waals surface area contributed by atoms with E-state index in [2.05, 4.69) is 26.1 Å². The Morgan fingerprint density at radius 2 is 2.00 bits per heavy atom. The smallest absolute Gasteiger partial charge is 0.0442 e. The first-order valence-corrected chi connectivity index (χ1v) is 7.39. The van der Waals surface area contributed by atoms with Gasteiger partial charge in [-0.25, -0.2) is 0 Å². The number of halogens is 2. The lowest BCUT2D eigenvalue weighted by Crippen LogP contribution is -2.19. The SMILES string of the molecule is CCCNCC1C(c2cc(Cl)ccc2Cl)C1(C)C. The van der Waals surface area contributed by atoms with Gasteiger partial charge in [0.1, 0.15) is 0 Å². The Bertz CT molecular complexity index is 429. The molecule has 1 aromatic carbocycles. The Morgan fingerprint density at radius 3 is 2.67 bits per heavy atom. The topological polar surface area (TPSA) is 12.0 Å². The van der Waals surface area contributed by atoms with Gasteiger partial charge >= 0.3 is 0 Å². The Morgan fingerprint density at radius 1 is 1.28 bits per heavy atom. The van der Waals surface area contributed by atoms with Crippen molar-refractivity contribution in [2.24, 2.45) is 11.3 Å². The number of nitrogens with one attached hydrogen (secondary N) is 1. The third-order valence-corrected chi connectivity index (χ3v) is 4.71. The van der Waals surface area contributed by atoms with Gasteiger partial charge in [0.2, 0.25) is 0 Å². The molecule has 0 aromatic heterocycles. The van der Waals surface area contributed by atoms with Crippen molar-refractivity contribution in [3.05, 3.63) is 33.8 Å². The van der Waals surface area contributed by atoms with Crippen molar-refractivity contribution >= 4 is 23.2 Å². The first kappa shape index (κ1) is 14.2. The number of rotatable bonds is 5. The molecule has 0 heterocycles. The fourth-order valence-electron chi connectivity index (χ4n) is 2.93. The van der Waals surface area contributed by atoms with Crippen molar-refractivity contribution < 1.29 is 0 Å². The van der Waals surface area contributed by atoms with Gasteiger partial charge in [-0.2, -0.15) is 0 Å². The predicted octanol–water partition coefficient (Wildman–Crippen LogP) is 4.73. The van der Waals surface area contributed by atoms with Crippen LogP contribution in [0, 0.1) is 11.3 Å². The molecule has 100 valence electrons. The predicted molar refractivity (Wildman–Crippen MR) is 79.6 cm³/mol. The Hall–Kier alpha value is -0.240. The van der Waals surface area contributed by atoms with Gasteiger partial charge in [0.15, 0.2) is 0 Å². The van der Waals surface area contributed by atoms with Gasteiger partial charge in [0, 0.05) is 10.0 Å². The standard InChI is InChI=1S/C15H21Cl2N/c1-4-7-18-9-12-14(15(12,2)3)11-8-10(16)5-6-13(11)17/h5-6,8,12,14,18H,4,7,9H2,1-3H3. The molecule has 2 atom stereocenters. The Kier molecular flexibility index (Phi) is 4.25. The zero-order valence-electron chi connectivity index (χ0n) is 11.3. The van der Waals surface area contributed by atoms with E-state index in [1.54, 1.807) is 0 Å². The van der Waals surface area contributed by atoms with Crippen molar-refractivity contribution in [2.45, 2.75) is 33.1 Å². The summed E-state index contributed by atoms with van der Waals surface area (Å²) in [5.74, 6) is 1.17. The molecule has 1 nitrogen and oxygen atoms in total. The first-order chi connectivity index (χ1) is 8.48. The lowest BCUT2D eigenvalue weighted by Gasteiger charge is -2.06. The summed E-state index contributed by atoms with van der Waals surface area (Å²) in [6.07, 6.45) is 1.18. The summed E-state index contributed by atoms with van der Waals surface area (Å²) < 4.78 is 0.